The number of benzene rings is 1. The molecule has 4 rings (SSSR count). The molecule has 1 fully saturated rings. The average molecular weight is 364 g/mol. The predicted octanol–water partition coefficient (Wildman–Crippen LogP) is 4.07. The molecule has 3 heterocycles. The minimum absolute atomic E-state index is 0.121. The third-order valence-electron chi connectivity index (χ3n) is 4.03. The molecule has 1 atom stereocenters. The van der Waals surface area contributed by atoms with Crippen molar-refractivity contribution in [1.82, 2.24) is 9.97 Å². The summed E-state index contributed by atoms with van der Waals surface area (Å²) >= 11 is 1.37. The van der Waals surface area contributed by atoms with Gasteiger partial charge in [-0.1, -0.05) is 0 Å². The minimum atomic E-state index is -4.55. The van der Waals surface area contributed by atoms with Gasteiger partial charge in [0.15, 0.2) is 6.04 Å². The van der Waals surface area contributed by atoms with Crippen molar-refractivity contribution in [3.05, 3.63) is 48.2 Å². The Balaban J connectivity index is 1.76. The van der Waals surface area contributed by atoms with Gasteiger partial charge >= 0.3 is 12.2 Å². The van der Waals surface area contributed by atoms with Crippen LogP contribution in [0.4, 0.5) is 29.3 Å². The number of carbonyl (C=O) groups excluding carboxylic acids is 1. The number of carbonyl (C=O) groups is 1. The molecule has 2 amide bonds. The van der Waals surface area contributed by atoms with Crippen LogP contribution in [0.2, 0.25) is 0 Å². The van der Waals surface area contributed by atoms with Gasteiger partial charge in [-0.25, -0.2) is 9.78 Å². The highest BCUT2D eigenvalue weighted by Crippen LogP contribution is 2.37. The summed E-state index contributed by atoms with van der Waals surface area (Å²) in [6.45, 7) is -0.471. The maximum absolute atomic E-state index is 13.5. The highest BCUT2D eigenvalue weighted by atomic mass is 32.1. The van der Waals surface area contributed by atoms with Crippen LogP contribution in [0, 0.1) is 0 Å². The van der Waals surface area contributed by atoms with E-state index in [-0.39, 0.29) is 5.69 Å². The van der Waals surface area contributed by atoms with Crippen molar-refractivity contribution in [3.63, 3.8) is 0 Å². The van der Waals surface area contributed by atoms with Gasteiger partial charge in [-0.3, -0.25) is 14.8 Å². The molecule has 1 aliphatic heterocycles. The zero-order valence-corrected chi connectivity index (χ0v) is 13.5. The van der Waals surface area contributed by atoms with Gasteiger partial charge in [-0.05, 0) is 30.3 Å². The second-order valence-electron chi connectivity index (χ2n) is 5.54. The lowest BCUT2D eigenvalue weighted by Gasteiger charge is -2.24. The first-order valence-corrected chi connectivity index (χ1v) is 8.24. The van der Waals surface area contributed by atoms with Gasteiger partial charge in [-0.15, -0.1) is 11.3 Å². The number of rotatable bonds is 2. The van der Waals surface area contributed by atoms with E-state index < -0.39 is 24.8 Å². The van der Waals surface area contributed by atoms with E-state index in [2.05, 4.69) is 9.97 Å². The van der Waals surface area contributed by atoms with Crippen molar-refractivity contribution in [3.8, 4) is 0 Å². The van der Waals surface area contributed by atoms with Gasteiger partial charge < -0.3 is 0 Å². The summed E-state index contributed by atoms with van der Waals surface area (Å²) in [5.41, 5.74) is 2.94. The molecular formula is C16H11F3N4OS. The lowest BCUT2D eigenvalue weighted by atomic mass is 10.2. The number of aromatic nitrogens is 2. The van der Waals surface area contributed by atoms with E-state index in [1.54, 1.807) is 23.7 Å². The zero-order chi connectivity index (χ0) is 17.6. The van der Waals surface area contributed by atoms with Crippen LogP contribution in [0.3, 0.4) is 0 Å². The quantitative estimate of drug-likeness (QED) is 0.689. The number of alkyl halides is 3. The van der Waals surface area contributed by atoms with Gasteiger partial charge in [0.05, 0.1) is 34.2 Å². The topological polar surface area (TPSA) is 49.3 Å². The first-order valence-electron chi connectivity index (χ1n) is 7.36. The second-order valence-corrected chi connectivity index (χ2v) is 6.42. The van der Waals surface area contributed by atoms with Crippen LogP contribution in [0.25, 0.3) is 10.2 Å². The molecule has 0 spiro atoms. The molecule has 1 saturated heterocycles. The standard InChI is InChI=1S/C16H11F3N4OS/c17-16(18,19)14-8-22(10-3-4-12-13(6-10)25-9-21-12)15(24)23(14)11-2-1-5-20-7-11/h1-7,9,14H,8H2. The molecule has 1 aliphatic rings. The van der Waals surface area contributed by atoms with Crippen molar-refractivity contribution < 1.29 is 18.0 Å². The van der Waals surface area contributed by atoms with Crippen molar-refractivity contribution in [2.24, 2.45) is 0 Å². The molecule has 25 heavy (non-hydrogen) atoms. The summed E-state index contributed by atoms with van der Waals surface area (Å²) in [6, 6.07) is 5.29. The number of anilines is 2. The number of thiazole rings is 1. The lowest BCUT2D eigenvalue weighted by molar-refractivity contribution is -0.142. The molecule has 0 radical (unpaired) electrons. The number of hydrogen-bond acceptors (Lipinski definition) is 4. The maximum Gasteiger partial charge on any atom is 0.411 e. The SMILES string of the molecule is O=C1N(c2ccc3ncsc3c2)CC(C(F)(F)F)N1c1cccnc1. The Hall–Kier alpha value is -2.68. The largest absolute Gasteiger partial charge is 0.411 e. The average Bonchev–Trinajstić information content (AvgIpc) is 3.18. The molecule has 9 heteroatoms. The normalized spacial score (nSPS) is 18.4. The van der Waals surface area contributed by atoms with Crippen LogP contribution in [0.15, 0.2) is 48.2 Å². The Bertz CT molecular complexity index is 928. The van der Waals surface area contributed by atoms with E-state index in [1.165, 1.54) is 35.9 Å². The highest BCUT2D eigenvalue weighted by Gasteiger charge is 2.53. The van der Waals surface area contributed by atoms with E-state index in [4.69, 9.17) is 0 Å². The summed E-state index contributed by atoms with van der Waals surface area (Å²) in [5.74, 6) is 0. The molecule has 3 aromatic rings. The van der Waals surface area contributed by atoms with E-state index >= 15 is 0 Å². The fourth-order valence-corrected chi connectivity index (χ4v) is 3.57. The summed E-state index contributed by atoms with van der Waals surface area (Å²) in [6.07, 6.45) is -1.84. The Kier molecular flexibility index (Phi) is 3.60. The molecule has 5 nitrogen and oxygen atoms in total. The monoisotopic (exact) mass is 364 g/mol. The van der Waals surface area contributed by atoms with Gasteiger partial charge in [0.25, 0.3) is 0 Å². The predicted molar refractivity (Wildman–Crippen MR) is 88.9 cm³/mol. The van der Waals surface area contributed by atoms with Crippen molar-refractivity contribution in [2.75, 3.05) is 16.3 Å². The molecule has 0 aliphatic carbocycles. The molecule has 0 saturated carbocycles. The maximum atomic E-state index is 13.5. The van der Waals surface area contributed by atoms with E-state index in [1.807, 2.05) is 0 Å². The summed E-state index contributed by atoms with van der Waals surface area (Å²) in [4.78, 5) is 22.6. The Morgan fingerprint density at radius 2 is 2.04 bits per heavy atom. The van der Waals surface area contributed by atoms with E-state index in [0.717, 1.165) is 20.0 Å². The van der Waals surface area contributed by atoms with E-state index in [9.17, 15) is 18.0 Å². The van der Waals surface area contributed by atoms with Crippen LogP contribution >= 0.6 is 11.3 Å². The third-order valence-corrected chi connectivity index (χ3v) is 4.82. The van der Waals surface area contributed by atoms with Gasteiger partial charge in [0.2, 0.25) is 0 Å². The highest BCUT2D eigenvalue weighted by molar-refractivity contribution is 7.16. The Morgan fingerprint density at radius 3 is 2.76 bits per heavy atom. The minimum Gasteiger partial charge on any atom is -0.292 e. The van der Waals surface area contributed by atoms with Gasteiger partial charge in [0.1, 0.15) is 0 Å². The molecule has 0 bridgehead atoms. The third kappa shape index (κ3) is 2.70. The summed E-state index contributed by atoms with van der Waals surface area (Å²) in [5, 5.41) is 0. The first-order chi connectivity index (χ1) is 11.9. The van der Waals surface area contributed by atoms with Crippen LogP contribution in [-0.2, 0) is 0 Å². The second kappa shape index (κ2) is 5.69. The van der Waals surface area contributed by atoms with Crippen LogP contribution < -0.4 is 9.80 Å². The zero-order valence-electron chi connectivity index (χ0n) is 12.6. The van der Waals surface area contributed by atoms with E-state index in [0.29, 0.717) is 5.69 Å². The number of fused-ring (bicyclic) bond motifs is 1. The van der Waals surface area contributed by atoms with Crippen LogP contribution in [-0.4, -0.2) is 34.8 Å². The molecule has 1 unspecified atom stereocenters. The summed E-state index contributed by atoms with van der Waals surface area (Å²) in [7, 11) is 0. The first kappa shape index (κ1) is 15.8. The summed E-state index contributed by atoms with van der Waals surface area (Å²) < 4.78 is 41.4. The molecule has 0 N–H and O–H groups in total. The number of amides is 2. The molecule has 2 aromatic heterocycles. The van der Waals surface area contributed by atoms with Crippen molar-refractivity contribution >= 4 is 39.0 Å². The number of nitrogens with zero attached hydrogens (tertiary/aromatic N) is 4. The molecular weight excluding hydrogens is 353 g/mol. The number of hydrogen-bond donors (Lipinski definition) is 0. The van der Waals surface area contributed by atoms with Crippen LogP contribution in [0.1, 0.15) is 0 Å². The Morgan fingerprint density at radius 1 is 1.20 bits per heavy atom. The van der Waals surface area contributed by atoms with Gasteiger partial charge in [-0.2, -0.15) is 13.2 Å². The fraction of sp³-hybridized carbons (Fsp3) is 0.188. The van der Waals surface area contributed by atoms with Gasteiger partial charge in [0, 0.05) is 11.9 Å². The van der Waals surface area contributed by atoms with Crippen molar-refractivity contribution in [1.29, 1.82) is 0 Å². The number of halogens is 3. The fourth-order valence-electron chi connectivity index (χ4n) is 2.86. The Labute approximate surface area is 144 Å². The number of pyridine rings is 1. The molecule has 128 valence electrons. The number of urea groups is 1. The van der Waals surface area contributed by atoms with Crippen LogP contribution in [0.5, 0.6) is 0 Å². The lowest BCUT2D eigenvalue weighted by Crippen LogP contribution is -2.44. The van der Waals surface area contributed by atoms with Crippen molar-refractivity contribution in [2.45, 2.75) is 12.2 Å². The smallest absolute Gasteiger partial charge is 0.292 e. The molecule has 1 aromatic carbocycles.